The summed E-state index contributed by atoms with van der Waals surface area (Å²) in [6.07, 6.45) is 5.26. The van der Waals surface area contributed by atoms with Crippen molar-refractivity contribution >= 4 is 39.9 Å². The Kier molecular flexibility index (Phi) is 3.66. The summed E-state index contributed by atoms with van der Waals surface area (Å²) >= 11 is 3.38. The molecule has 1 aromatic rings. The molecule has 1 N–H and O–H groups in total. The lowest BCUT2D eigenvalue weighted by molar-refractivity contribution is -0.133. The second-order valence-electron chi connectivity index (χ2n) is 5.05. The van der Waals surface area contributed by atoms with Crippen LogP contribution in [0.2, 0.25) is 0 Å². The number of carbonyl (C=O) groups excluding carboxylic acids is 2. The molecule has 2 aliphatic heterocycles. The molecule has 3 rings (SSSR count). The van der Waals surface area contributed by atoms with Crippen molar-refractivity contribution in [3.63, 3.8) is 0 Å². The van der Waals surface area contributed by atoms with Crippen LogP contribution in [-0.2, 0) is 16.0 Å². The molecule has 112 valence electrons. The van der Waals surface area contributed by atoms with Crippen molar-refractivity contribution in [1.29, 1.82) is 0 Å². The number of guanidine groups is 1. The number of halogens is 1. The van der Waals surface area contributed by atoms with E-state index in [9.17, 15) is 9.59 Å². The Labute approximate surface area is 135 Å². The largest absolute Gasteiger partial charge is 0.325 e. The van der Waals surface area contributed by atoms with Gasteiger partial charge in [-0.2, -0.15) is 4.99 Å². The van der Waals surface area contributed by atoms with E-state index >= 15 is 0 Å². The summed E-state index contributed by atoms with van der Waals surface area (Å²) in [5, 5.41) is 2.75. The Bertz CT molecular complexity index is 724. The lowest BCUT2D eigenvalue weighted by atomic mass is 9.97. The van der Waals surface area contributed by atoms with E-state index in [1.165, 1.54) is 6.92 Å². The Hall–Kier alpha value is -2.28. The van der Waals surface area contributed by atoms with Gasteiger partial charge in [0.1, 0.15) is 0 Å². The highest BCUT2D eigenvalue weighted by molar-refractivity contribution is 9.10. The smallest absolute Gasteiger partial charge is 0.296 e. The number of rotatable bonds is 3. The minimum Gasteiger partial charge on any atom is -0.325 e. The first kappa shape index (κ1) is 14.6. The van der Waals surface area contributed by atoms with Crippen molar-refractivity contribution in [2.24, 2.45) is 9.98 Å². The maximum atomic E-state index is 12.5. The van der Waals surface area contributed by atoms with E-state index < -0.39 is 11.6 Å². The lowest BCUT2D eigenvalue weighted by Crippen LogP contribution is -2.62. The number of allylic oxidation sites excluding steroid dienone is 1. The summed E-state index contributed by atoms with van der Waals surface area (Å²) in [5.74, 6) is -0.437. The van der Waals surface area contributed by atoms with Crippen LogP contribution < -0.4 is 5.32 Å². The standard InChI is InChI=1S/C15H13BrN4O2/c1-10(21)19-15(9-11-3-5-12(16)6-4-11)13(22)18-14-17-7-2-8-20(14)15/h2-8H,9H2,1H3,(H,19,21). The highest BCUT2D eigenvalue weighted by atomic mass is 79.9. The van der Waals surface area contributed by atoms with Gasteiger partial charge in [0, 0.05) is 30.2 Å². The molecule has 0 spiro atoms. The number of amides is 2. The predicted octanol–water partition coefficient (Wildman–Crippen LogP) is 1.62. The molecule has 0 bridgehead atoms. The third kappa shape index (κ3) is 2.48. The number of benzene rings is 1. The normalized spacial score (nSPS) is 22.5. The Morgan fingerprint density at radius 2 is 2.09 bits per heavy atom. The second kappa shape index (κ2) is 5.49. The minimum absolute atomic E-state index is 0.290. The van der Waals surface area contributed by atoms with E-state index in [0.29, 0.717) is 12.4 Å². The molecule has 6 nitrogen and oxygen atoms in total. The first-order valence-electron chi connectivity index (χ1n) is 6.68. The summed E-state index contributed by atoms with van der Waals surface area (Å²) < 4.78 is 0.946. The fourth-order valence-corrected chi connectivity index (χ4v) is 2.80. The van der Waals surface area contributed by atoms with Gasteiger partial charge in [0.15, 0.2) is 0 Å². The van der Waals surface area contributed by atoms with Crippen LogP contribution in [0.25, 0.3) is 0 Å². The molecular formula is C15H13BrN4O2. The van der Waals surface area contributed by atoms with Crippen LogP contribution in [0, 0.1) is 0 Å². The minimum atomic E-state index is -1.26. The van der Waals surface area contributed by atoms with Crippen molar-refractivity contribution in [2.45, 2.75) is 19.0 Å². The van der Waals surface area contributed by atoms with E-state index in [-0.39, 0.29) is 5.91 Å². The third-order valence-electron chi connectivity index (χ3n) is 3.45. The number of hydrogen-bond donors (Lipinski definition) is 1. The molecule has 1 aromatic carbocycles. The number of nitrogens with zero attached hydrogens (tertiary/aromatic N) is 3. The molecule has 1 unspecified atom stereocenters. The maximum Gasteiger partial charge on any atom is 0.296 e. The first-order chi connectivity index (χ1) is 10.5. The number of fused-ring (bicyclic) bond motifs is 1. The van der Waals surface area contributed by atoms with Gasteiger partial charge in [0.25, 0.3) is 5.91 Å². The first-order valence-corrected chi connectivity index (χ1v) is 7.47. The average molecular weight is 361 g/mol. The van der Waals surface area contributed by atoms with Crippen LogP contribution in [0.3, 0.4) is 0 Å². The van der Waals surface area contributed by atoms with Crippen LogP contribution in [0.15, 0.2) is 51.0 Å². The molecule has 0 fully saturated rings. The van der Waals surface area contributed by atoms with E-state index in [1.54, 1.807) is 23.4 Å². The van der Waals surface area contributed by atoms with Crippen LogP contribution >= 0.6 is 15.9 Å². The second-order valence-corrected chi connectivity index (χ2v) is 5.97. The molecule has 0 radical (unpaired) electrons. The number of nitrogens with one attached hydrogen (secondary N) is 1. The summed E-state index contributed by atoms with van der Waals surface area (Å²) in [6.45, 7) is 1.38. The summed E-state index contributed by atoms with van der Waals surface area (Å²) in [6, 6.07) is 7.58. The topological polar surface area (TPSA) is 74.1 Å². The monoisotopic (exact) mass is 360 g/mol. The highest BCUT2D eigenvalue weighted by Gasteiger charge is 2.51. The van der Waals surface area contributed by atoms with E-state index in [2.05, 4.69) is 31.2 Å². The summed E-state index contributed by atoms with van der Waals surface area (Å²) in [7, 11) is 0. The van der Waals surface area contributed by atoms with Crippen molar-refractivity contribution in [1.82, 2.24) is 10.2 Å². The van der Waals surface area contributed by atoms with Crippen molar-refractivity contribution in [3.8, 4) is 0 Å². The fraction of sp³-hybridized carbons (Fsp3) is 0.200. The zero-order valence-corrected chi connectivity index (χ0v) is 13.4. The van der Waals surface area contributed by atoms with Crippen molar-refractivity contribution < 1.29 is 9.59 Å². The van der Waals surface area contributed by atoms with E-state index in [1.807, 2.05) is 24.3 Å². The van der Waals surface area contributed by atoms with Crippen LogP contribution in [-0.4, -0.2) is 34.6 Å². The molecule has 2 heterocycles. The quantitative estimate of drug-likeness (QED) is 0.889. The van der Waals surface area contributed by atoms with Gasteiger partial charge < -0.3 is 5.32 Å². The molecular weight excluding hydrogens is 348 g/mol. The van der Waals surface area contributed by atoms with Gasteiger partial charge in [0.2, 0.25) is 17.5 Å². The van der Waals surface area contributed by atoms with Crippen molar-refractivity contribution in [3.05, 3.63) is 46.6 Å². The summed E-state index contributed by atoms with van der Waals surface area (Å²) in [5.41, 5.74) is -0.354. The molecule has 0 aliphatic carbocycles. The third-order valence-corrected chi connectivity index (χ3v) is 3.98. The van der Waals surface area contributed by atoms with Gasteiger partial charge in [0.05, 0.1) is 0 Å². The van der Waals surface area contributed by atoms with E-state index in [0.717, 1.165) is 10.0 Å². The molecule has 0 saturated carbocycles. The zero-order valence-electron chi connectivity index (χ0n) is 11.8. The molecule has 2 aliphatic rings. The zero-order chi connectivity index (χ0) is 15.7. The van der Waals surface area contributed by atoms with Gasteiger partial charge in [-0.15, -0.1) is 0 Å². The molecule has 0 aromatic heterocycles. The average Bonchev–Trinajstić information content (AvgIpc) is 2.74. The van der Waals surface area contributed by atoms with Gasteiger partial charge in [-0.1, -0.05) is 28.1 Å². The Morgan fingerprint density at radius 1 is 1.36 bits per heavy atom. The number of aliphatic imine (C=N–C) groups is 2. The van der Waals surface area contributed by atoms with Gasteiger partial charge in [-0.05, 0) is 23.8 Å². The Balaban J connectivity index is 2.00. The Morgan fingerprint density at radius 3 is 2.77 bits per heavy atom. The predicted molar refractivity (Wildman–Crippen MR) is 86.3 cm³/mol. The maximum absolute atomic E-state index is 12.5. The van der Waals surface area contributed by atoms with Gasteiger partial charge in [-0.25, -0.2) is 4.99 Å². The highest BCUT2D eigenvalue weighted by Crippen LogP contribution is 2.29. The van der Waals surface area contributed by atoms with Gasteiger partial charge in [-0.3, -0.25) is 14.5 Å². The van der Waals surface area contributed by atoms with Crippen LogP contribution in [0.4, 0.5) is 0 Å². The summed E-state index contributed by atoms with van der Waals surface area (Å²) in [4.78, 5) is 33.8. The van der Waals surface area contributed by atoms with Crippen LogP contribution in [0.1, 0.15) is 12.5 Å². The van der Waals surface area contributed by atoms with Crippen LogP contribution in [0.5, 0.6) is 0 Å². The fourth-order valence-electron chi connectivity index (χ4n) is 2.54. The van der Waals surface area contributed by atoms with E-state index in [4.69, 9.17) is 0 Å². The molecule has 22 heavy (non-hydrogen) atoms. The SMILES string of the molecule is CC(=O)NC1(Cc2ccc(Br)cc2)C(=O)N=C2N=CC=CN21. The molecule has 7 heteroatoms. The number of carbonyl (C=O) groups is 2. The van der Waals surface area contributed by atoms with Crippen molar-refractivity contribution in [2.75, 3.05) is 0 Å². The molecule has 0 saturated heterocycles. The lowest BCUT2D eigenvalue weighted by Gasteiger charge is -2.36. The number of hydrogen-bond acceptors (Lipinski definition) is 4. The van der Waals surface area contributed by atoms with Gasteiger partial charge >= 0.3 is 0 Å². The molecule has 1 atom stereocenters. The molecule has 2 amide bonds.